The van der Waals surface area contributed by atoms with Crippen LogP contribution in [0.15, 0.2) is 59.7 Å². The number of carboxylic acids is 1. The van der Waals surface area contributed by atoms with E-state index >= 15 is 0 Å². The van der Waals surface area contributed by atoms with Gasteiger partial charge in [-0.15, -0.1) is 11.3 Å². The Balaban J connectivity index is 1.92. The second kappa shape index (κ2) is 10.7. The molecule has 38 heavy (non-hydrogen) atoms. The van der Waals surface area contributed by atoms with Crippen molar-refractivity contribution in [3.8, 4) is 22.5 Å². The lowest BCUT2D eigenvalue weighted by molar-refractivity contribution is -0.149. The molecule has 12 heteroatoms. The van der Waals surface area contributed by atoms with Gasteiger partial charge in [-0.1, -0.05) is 32.4 Å². The number of pyridine rings is 2. The van der Waals surface area contributed by atoms with Crippen molar-refractivity contribution in [2.75, 3.05) is 5.32 Å². The van der Waals surface area contributed by atoms with Crippen molar-refractivity contribution >= 4 is 46.4 Å². The smallest absolute Gasteiger partial charge is 0.374 e. The van der Waals surface area contributed by atoms with E-state index in [1.807, 2.05) is 6.07 Å². The van der Waals surface area contributed by atoms with Gasteiger partial charge in [0, 0.05) is 40.4 Å². The highest BCUT2D eigenvalue weighted by Crippen LogP contribution is 2.33. The lowest BCUT2D eigenvalue weighted by Crippen LogP contribution is -2.30. The second-order valence-corrected chi connectivity index (χ2v) is 11.2. The van der Waals surface area contributed by atoms with Crippen molar-refractivity contribution in [1.29, 1.82) is 0 Å². The van der Waals surface area contributed by atoms with Crippen LogP contribution in [0.4, 0.5) is 5.82 Å². The molecule has 0 radical (unpaired) electrons. The Hall–Kier alpha value is -4.09. The fourth-order valence-corrected chi connectivity index (χ4v) is 4.73. The number of carboxylic acid groups (broad SMARTS) is 1. The van der Waals surface area contributed by atoms with Gasteiger partial charge >= 0.3 is 5.97 Å². The Morgan fingerprint density at radius 3 is 2.39 bits per heavy atom. The van der Waals surface area contributed by atoms with Gasteiger partial charge in [0.25, 0.3) is 17.2 Å². The lowest BCUT2D eigenvalue weighted by Gasteiger charge is -2.18. The van der Waals surface area contributed by atoms with Crippen molar-refractivity contribution in [2.24, 2.45) is 5.41 Å². The normalized spacial score (nSPS) is 11.4. The molecular weight excluding hydrogens is 530 g/mol. The minimum absolute atomic E-state index is 0.195. The van der Waals surface area contributed by atoms with Gasteiger partial charge in [-0.05, 0) is 35.9 Å². The summed E-state index contributed by atoms with van der Waals surface area (Å²) in [6.45, 7) is 4.92. The number of aromatic nitrogens is 4. The third kappa shape index (κ3) is 5.74. The summed E-state index contributed by atoms with van der Waals surface area (Å²) < 4.78 is 2.91. The summed E-state index contributed by atoms with van der Waals surface area (Å²) in [5.41, 5.74) is 0.181. The number of anilines is 1. The van der Waals surface area contributed by atoms with Gasteiger partial charge in [0.15, 0.2) is 0 Å². The molecule has 4 aromatic heterocycles. The minimum Gasteiger partial charge on any atom is -0.475 e. The van der Waals surface area contributed by atoms with Crippen LogP contribution in [0.3, 0.4) is 0 Å². The van der Waals surface area contributed by atoms with Gasteiger partial charge < -0.3 is 10.4 Å². The van der Waals surface area contributed by atoms with Crippen LogP contribution in [0.2, 0.25) is 4.34 Å². The van der Waals surface area contributed by atoms with E-state index in [4.69, 9.17) is 11.6 Å². The summed E-state index contributed by atoms with van der Waals surface area (Å²) in [6, 6.07) is 11.5. The zero-order valence-electron chi connectivity index (χ0n) is 20.8. The van der Waals surface area contributed by atoms with Crippen molar-refractivity contribution in [3.63, 3.8) is 0 Å². The molecule has 0 bridgehead atoms. The molecule has 0 saturated heterocycles. The van der Waals surface area contributed by atoms with E-state index in [9.17, 15) is 24.3 Å². The fraction of sp³-hybridized carbons (Fsp3) is 0.231. The van der Waals surface area contributed by atoms with E-state index in [1.54, 1.807) is 63.5 Å². The van der Waals surface area contributed by atoms with E-state index in [-0.39, 0.29) is 17.3 Å². The van der Waals surface area contributed by atoms with Crippen LogP contribution in [-0.2, 0) is 22.7 Å². The average Bonchev–Trinajstić information content (AvgIpc) is 3.48. The van der Waals surface area contributed by atoms with Crippen molar-refractivity contribution in [2.45, 2.75) is 33.9 Å². The molecule has 0 saturated carbocycles. The summed E-state index contributed by atoms with van der Waals surface area (Å²) in [7, 11) is 0. The first-order valence-electron chi connectivity index (χ1n) is 11.5. The Kier molecular flexibility index (Phi) is 7.61. The molecule has 0 fully saturated rings. The Bertz CT molecular complexity index is 1580. The number of hydrogen-bond donors (Lipinski definition) is 2. The van der Waals surface area contributed by atoms with E-state index < -0.39 is 29.3 Å². The van der Waals surface area contributed by atoms with Gasteiger partial charge in [-0.2, -0.15) is 9.78 Å². The summed E-state index contributed by atoms with van der Waals surface area (Å²) in [5.74, 6) is -2.79. The number of Topliss-reactive ketones (excluding diaryl/α,β-unsaturated/α-hetero) is 1. The number of carbonyl (C=O) groups is 3. The summed E-state index contributed by atoms with van der Waals surface area (Å²) in [4.78, 5) is 54.8. The molecule has 10 nitrogen and oxygen atoms in total. The van der Waals surface area contributed by atoms with Gasteiger partial charge in [0.2, 0.25) is 0 Å². The van der Waals surface area contributed by atoms with E-state index in [1.165, 1.54) is 22.1 Å². The predicted octanol–water partition coefficient (Wildman–Crippen LogP) is 4.44. The van der Waals surface area contributed by atoms with Crippen LogP contribution in [0, 0.1) is 5.41 Å². The molecular formula is C26H24ClN5O5S. The standard InChI is InChI=1S/C26H24ClN5O5S/c1-26(2,3)25(37)32-21(29-13-16-4-6-20(27)38-16)12-18(30-32)23-17(15-8-10-28-11-9-15)5-7-22(34)31(23)14-19(33)24(35)36/h4-12,29H,13-14H2,1-3H3,(H,35,36). The minimum atomic E-state index is -1.66. The zero-order valence-corrected chi connectivity index (χ0v) is 22.3. The topological polar surface area (TPSA) is 136 Å². The van der Waals surface area contributed by atoms with Crippen molar-refractivity contribution in [1.82, 2.24) is 19.3 Å². The van der Waals surface area contributed by atoms with Gasteiger partial charge in [-0.3, -0.25) is 23.9 Å². The van der Waals surface area contributed by atoms with E-state index in [0.717, 1.165) is 9.44 Å². The highest BCUT2D eigenvalue weighted by molar-refractivity contribution is 7.16. The number of ketones is 1. The van der Waals surface area contributed by atoms with Crippen LogP contribution in [0.25, 0.3) is 22.5 Å². The molecule has 4 heterocycles. The first kappa shape index (κ1) is 27.0. The predicted molar refractivity (Wildman–Crippen MR) is 145 cm³/mol. The quantitative estimate of drug-likeness (QED) is 0.306. The molecule has 0 aromatic carbocycles. The lowest BCUT2D eigenvalue weighted by atomic mass is 9.96. The van der Waals surface area contributed by atoms with Gasteiger partial charge in [0.1, 0.15) is 11.5 Å². The number of hydrogen-bond acceptors (Lipinski definition) is 8. The van der Waals surface area contributed by atoms with Crippen LogP contribution >= 0.6 is 22.9 Å². The maximum absolute atomic E-state index is 13.4. The number of rotatable bonds is 8. The molecule has 0 aliphatic carbocycles. The zero-order chi connectivity index (χ0) is 27.6. The number of thiophene rings is 1. The Morgan fingerprint density at radius 1 is 1.08 bits per heavy atom. The first-order valence-corrected chi connectivity index (χ1v) is 12.7. The molecule has 196 valence electrons. The molecule has 0 atom stereocenters. The maximum Gasteiger partial charge on any atom is 0.374 e. The molecule has 0 unspecified atom stereocenters. The highest BCUT2D eigenvalue weighted by Gasteiger charge is 2.29. The first-order chi connectivity index (χ1) is 18.0. The second-order valence-electron chi connectivity index (χ2n) is 9.43. The van der Waals surface area contributed by atoms with Crippen LogP contribution in [-0.4, -0.2) is 42.1 Å². The number of aliphatic carboxylic acids is 1. The summed E-state index contributed by atoms with van der Waals surface area (Å²) in [6.07, 6.45) is 3.13. The number of halogens is 1. The van der Waals surface area contributed by atoms with E-state index in [2.05, 4.69) is 15.4 Å². The Labute approximate surface area is 226 Å². The van der Waals surface area contributed by atoms with Gasteiger partial charge in [0.05, 0.1) is 23.1 Å². The highest BCUT2D eigenvalue weighted by atomic mass is 35.5. The summed E-state index contributed by atoms with van der Waals surface area (Å²) >= 11 is 7.44. The molecule has 0 amide bonds. The molecule has 0 aliphatic rings. The molecule has 2 N–H and O–H groups in total. The largest absolute Gasteiger partial charge is 0.475 e. The van der Waals surface area contributed by atoms with Crippen LogP contribution in [0.5, 0.6) is 0 Å². The maximum atomic E-state index is 13.4. The summed E-state index contributed by atoms with van der Waals surface area (Å²) in [5, 5.41) is 17.0. The Morgan fingerprint density at radius 2 is 1.79 bits per heavy atom. The van der Waals surface area contributed by atoms with Crippen LogP contribution < -0.4 is 10.9 Å². The monoisotopic (exact) mass is 553 g/mol. The molecule has 0 spiro atoms. The number of carbonyl (C=O) groups excluding carboxylic acids is 2. The fourth-order valence-electron chi connectivity index (χ4n) is 3.71. The molecule has 4 aromatic rings. The number of nitrogens with zero attached hydrogens (tertiary/aromatic N) is 4. The average molecular weight is 554 g/mol. The van der Waals surface area contributed by atoms with Crippen LogP contribution in [0.1, 0.15) is 30.4 Å². The van der Waals surface area contributed by atoms with E-state index in [0.29, 0.717) is 27.8 Å². The number of nitrogens with one attached hydrogen (secondary N) is 1. The molecule has 4 rings (SSSR count). The van der Waals surface area contributed by atoms with Gasteiger partial charge in [-0.25, -0.2) is 4.79 Å². The third-order valence-electron chi connectivity index (χ3n) is 5.57. The van der Waals surface area contributed by atoms with Crippen molar-refractivity contribution < 1.29 is 19.5 Å². The van der Waals surface area contributed by atoms with Crippen molar-refractivity contribution in [3.05, 3.63) is 74.4 Å². The third-order valence-corrected chi connectivity index (χ3v) is 6.80. The SMILES string of the molecule is CC(C)(C)C(=O)n1nc(-c2c(-c3ccncc3)ccc(=O)n2CC(=O)C(=O)O)cc1NCc1ccc(Cl)s1. The molecule has 0 aliphatic heterocycles.